The fourth-order valence-electron chi connectivity index (χ4n) is 5.33. The van der Waals surface area contributed by atoms with Gasteiger partial charge in [0.05, 0.1) is 34.5 Å². The van der Waals surface area contributed by atoms with Gasteiger partial charge < -0.3 is 15.5 Å². The van der Waals surface area contributed by atoms with Crippen LogP contribution in [-0.4, -0.2) is 54.1 Å². The lowest BCUT2D eigenvalue weighted by Gasteiger charge is -2.34. The van der Waals surface area contributed by atoms with Crippen molar-refractivity contribution >= 4 is 41.0 Å². The van der Waals surface area contributed by atoms with Gasteiger partial charge in [-0.3, -0.25) is 19.0 Å². The van der Waals surface area contributed by atoms with Crippen LogP contribution in [0, 0.1) is 0 Å². The van der Waals surface area contributed by atoms with Crippen LogP contribution in [0.4, 0.5) is 5.95 Å². The summed E-state index contributed by atoms with van der Waals surface area (Å²) in [5, 5.41) is 14.9. The van der Waals surface area contributed by atoms with Crippen molar-refractivity contribution in [3.8, 4) is 11.4 Å². The van der Waals surface area contributed by atoms with Crippen molar-refractivity contribution in [1.29, 1.82) is 0 Å². The predicted octanol–water partition coefficient (Wildman–Crippen LogP) is 4.68. The number of nitrogens with one attached hydrogen (secondary N) is 2. The quantitative estimate of drug-likeness (QED) is 0.264. The molecule has 0 radical (unpaired) electrons. The molecule has 2 amide bonds. The first-order valence-electron chi connectivity index (χ1n) is 14.2. The molecule has 1 aliphatic rings. The third kappa shape index (κ3) is 5.92. The van der Waals surface area contributed by atoms with Gasteiger partial charge in [-0.25, -0.2) is 9.55 Å². The summed E-state index contributed by atoms with van der Waals surface area (Å²) in [5.74, 6) is 0.370. The molecule has 3 heterocycles. The highest BCUT2D eigenvalue weighted by Crippen LogP contribution is 2.27. The van der Waals surface area contributed by atoms with Crippen molar-refractivity contribution in [2.75, 3.05) is 12.4 Å². The van der Waals surface area contributed by atoms with E-state index in [0.717, 1.165) is 5.69 Å². The lowest BCUT2D eigenvalue weighted by Crippen LogP contribution is -2.46. The van der Waals surface area contributed by atoms with Crippen molar-refractivity contribution in [3.05, 3.63) is 128 Å². The zero-order chi connectivity index (χ0) is 31.7. The smallest absolute Gasteiger partial charge is 0.263 e. The Bertz CT molecular complexity index is 1960. The summed E-state index contributed by atoms with van der Waals surface area (Å²) in [7, 11) is 1.56. The molecular weight excluding hydrogens is 615 g/mol. The third-order valence-corrected chi connectivity index (χ3v) is 8.45. The molecule has 0 spiro atoms. The van der Waals surface area contributed by atoms with E-state index in [2.05, 4.69) is 20.8 Å². The van der Waals surface area contributed by atoms with E-state index in [1.54, 1.807) is 54.7 Å². The fourth-order valence-corrected chi connectivity index (χ4v) is 5.63. The molecule has 2 N–H and O–H groups in total. The number of carbonyl (C=O) groups excluding carboxylic acids is 2. The van der Waals surface area contributed by atoms with Gasteiger partial charge in [0.2, 0.25) is 5.95 Å². The number of para-hydroxylation sites is 1. The number of aromatic nitrogens is 5. The second-order valence-electron chi connectivity index (χ2n) is 10.5. The summed E-state index contributed by atoms with van der Waals surface area (Å²) in [5.41, 5.74) is 2.97. The van der Waals surface area contributed by atoms with Crippen molar-refractivity contribution in [3.63, 3.8) is 0 Å². The van der Waals surface area contributed by atoms with Gasteiger partial charge in [-0.2, -0.15) is 0 Å². The number of nitrogens with zero attached hydrogens (tertiary/aromatic N) is 6. The molecule has 0 saturated heterocycles. The van der Waals surface area contributed by atoms with Crippen LogP contribution in [0.2, 0.25) is 10.0 Å². The van der Waals surface area contributed by atoms with Crippen LogP contribution in [0.1, 0.15) is 44.7 Å². The number of hydrogen-bond donors (Lipinski definition) is 2. The van der Waals surface area contributed by atoms with E-state index in [1.165, 1.54) is 10.6 Å². The van der Waals surface area contributed by atoms with Crippen LogP contribution in [-0.2, 0) is 19.5 Å². The highest BCUT2D eigenvalue weighted by molar-refractivity contribution is 6.42. The number of carbonyl (C=O) groups is 2. The summed E-state index contributed by atoms with van der Waals surface area (Å²) in [6.07, 6.45) is 1.91. The van der Waals surface area contributed by atoms with Gasteiger partial charge in [-0.15, -0.1) is 10.2 Å². The van der Waals surface area contributed by atoms with Gasteiger partial charge in [0.1, 0.15) is 6.33 Å². The van der Waals surface area contributed by atoms with Crippen molar-refractivity contribution in [2.45, 2.75) is 32.5 Å². The van der Waals surface area contributed by atoms with Gasteiger partial charge in [0.15, 0.2) is 5.82 Å². The fraction of sp³-hybridized carbons (Fsp3) is 0.188. The van der Waals surface area contributed by atoms with Crippen LogP contribution in [0.5, 0.6) is 0 Å². The van der Waals surface area contributed by atoms with Crippen LogP contribution in [0.15, 0.2) is 83.9 Å². The van der Waals surface area contributed by atoms with Gasteiger partial charge in [-0.05, 0) is 67.9 Å². The molecule has 1 aliphatic heterocycles. The molecule has 0 unspecified atom stereocenters. The van der Waals surface area contributed by atoms with Gasteiger partial charge >= 0.3 is 0 Å². The van der Waals surface area contributed by atoms with E-state index >= 15 is 0 Å². The molecular formula is C32H28Cl2N8O3. The number of amides is 2. The van der Waals surface area contributed by atoms with Crippen LogP contribution in [0.3, 0.4) is 0 Å². The van der Waals surface area contributed by atoms with E-state index < -0.39 is 0 Å². The lowest BCUT2D eigenvalue weighted by molar-refractivity contribution is 0.0653. The third-order valence-electron chi connectivity index (χ3n) is 7.71. The maximum absolute atomic E-state index is 14.2. The second kappa shape index (κ2) is 12.5. The second-order valence-corrected chi connectivity index (χ2v) is 11.4. The summed E-state index contributed by atoms with van der Waals surface area (Å²) in [6, 6.07) is 20.8. The molecule has 0 saturated carbocycles. The van der Waals surface area contributed by atoms with Gasteiger partial charge in [0, 0.05) is 35.5 Å². The zero-order valence-corrected chi connectivity index (χ0v) is 25.9. The Labute approximate surface area is 268 Å². The Morgan fingerprint density at radius 1 is 0.956 bits per heavy atom. The number of fused-ring (bicyclic) bond motifs is 1. The number of benzene rings is 3. The van der Waals surface area contributed by atoms with Crippen LogP contribution in [0.25, 0.3) is 11.4 Å². The molecule has 2 aromatic heterocycles. The SMILES string of the molecule is CNC(=O)c1ccc(-n2c(NCc3nncn3-c3ccccc3)nc3c(c2=O)C[C@@H](C)N(C(=O)c2ccc(Cl)c(Cl)c2)C3)cc1. The summed E-state index contributed by atoms with van der Waals surface area (Å²) in [6.45, 7) is 2.21. The van der Waals surface area contributed by atoms with Crippen molar-refractivity contribution < 1.29 is 9.59 Å². The minimum atomic E-state index is -0.290. The standard InChI is InChI=1S/C32H28Cl2N8O3/c1-19-14-24-27(17-40(19)30(44)21-10-13-25(33)26(34)15-21)38-32(36-16-28-39-37-18-41(28)22-6-4-3-5-7-22)42(31(24)45)23-11-8-20(9-12-23)29(43)35-2/h3-13,15,18-19H,14,16-17H2,1-2H3,(H,35,43)(H,36,38)/t19-/m1/s1. The Kier molecular flexibility index (Phi) is 8.38. The first kappa shape index (κ1) is 30.0. The van der Waals surface area contributed by atoms with Crippen LogP contribution >= 0.6 is 23.2 Å². The van der Waals surface area contributed by atoms with E-state index in [1.807, 2.05) is 41.8 Å². The summed E-state index contributed by atoms with van der Waals surface area (Å²) < 4.78 is 3.32. The highest BCUT2D eigenvalue weighted by Gasteiger charge is 2.32. The molecule has 5 aromatic rings. The van der Waals surface area contributed by atoms with Gasteiger partial charge in [-0.1, -0.05) is 41.4 Å². The van der Waals surface area contributed by atoms with Crippen molar-refractivity contribution in [1.82, 2.24) is 34.5 Å². The molecule has 0 bridgehead atoms. The number of rotatable bonds is 7. The number of hydrogen-bond acceptors (Lipinski definition) is 7. The topological polar surface area (TPSA) is 127 Å². The van der Waals surface area contributed by atoms with Crippen LogP contribution < -0.4 is 16.2 Å². The Morgan fingerprint density at radius 2 is 1.69 bits per heavy atom. The monoisotopic (exact) mass is 642 g/mol. The van der Waals surface area contributed by atoms with Gasteiger partial charge in [0.25, 0.3) is 17.4 Å². The van der Waals surface area contributed by atoms with E-state index in [-0.39, 0.29) is 47.5 Å². The zero-order valence-electron chi connectivity index (χ0n) is 24.4. The molecule has 3 aromatic carbocycles. The first-order chi connectivity index (χ1) is 21.7. The molecule has 0 fully saturated rings. The maximum Gasteiger partial charge on any atom is 0.263 e. The first-order valence-corrected chi connectivity index (χ1v) is 14.9. The lowest BCUT2D eigenvalue weighted by atomic mass is 9.98. The molecule has 0 aliphatic carbocycles. The van der Waals surface area contributed by atoms with E-state index in [0.29, 0.717) is 45.3 Å². The number of halogens is 2. The average molecular weight is 644 g/mol. The summed E-state index contributed by atoms with van der Waals surface area (Å²) >= 11 is 12.3. The molecule has 13 heteroatoms. The van der Waals surface area contributed by atoms with E-state index in [9.17, 15) is 14.4 Å². The molecule has 45 heavy (non-hydrogen) atoms. The normalized spacial score (nSPS) is 14.1. The molecule has 228 valence electrons. The predicted molar refractivity (Wildman–Crippen MR) is 171 cm³/mol. The van der Waals surface area contributed by atoms with Crippen molar-refractivity contribution in [2.24, 2.45) is 0 Å². The molecule has 1 atom stereocenters. The minimum Gasteiger partial charge on any atom is -0.355 e. The Morgan fingerprint density at radius 3 is 2.40 bits per heavy atom. The molecule has 11 nitrogen and oxygen atoms in total. The average Bonchev–Trinajstić information content (AvgIpc) is 3.54. The summed E-state index contributed by atoms with van der Waals surface area (Å²) in [4.78, 5) is 46.5. The minimum absolute atomic E-state index is 0.121. The Balaban J connectivity index is 1.39. The Hall–Kier alpha value is -5.00. The highest BCUT2D eigenvalue weighted by atomic mass is 35.5. The maximum atomic E-state index is 14.2. The largest absolute Gasteiger partial charge is 0.355 e. The number of anilines is 1. The molecule has 6 rings (SSSR count). The van der Waals surface area contributed by atoms with E-state index in [4.69, 9.17) is 28.2 Å².